The van der Waals surface area contributed by atoms with Crippen molar-refractivity contribution in [3.63, 3.8) is 0 Å². The summed E-state index contributed by atoms with van der Waals surface area (Å²) in [5.41, 5.74) is 3.17. The second-order valence-corrected chi connectivity index (χ2v) is 8.29. The minimum atomic E-state index is -0.0468. The SMILES string of the molecule is COc1cccc(-c2cc(C(=O)NCCCN3CCCCC3C)c3ccccc3n2)c1. The van der Waals surface area contributed by atoms with Crippen molar-refractivity contribution >= 4 is 16.8 Å². The number of likely N-dealkylation sites (tertiary alicyclic amines) is 1. The summed E-state index contributed by atoms with van der Waals surface area (Å²) >= 11 is 0. The molecule has 5 heteroatoms. The Bertz CT molecular complexity index is 1050. The summed E-state index contributed by atoms with van der Waals surface area (Å²) < 4.78 is 5.35. The van der Waals surface area contributed by atoms with Gasteiger partial charge in [0.1, 0.15) is 5.75 Å². The highest BCUT2D eigenvalue weighted by Gasteiger charge is 2.18. The molecule has 0 bridgehead atoms. The second-order valence-electron chi connectivity index (χ2n) is 8.29. The first-order chi connectivity index (χ1) is 15.2. The van der Waals surface area contributed by atoms with Crippen LogP contribution >= 0.6 is 0 Å². The van der Waals surface area contributed by atoms with Crippen molar-refractivity contribution in [2.75, 3.05) is 26.7 Å². The average molecular weight is 418 g/mol. The van der Waals surface area contributed by atoms with Gasteiger partial charge < -0.3 is 15.0 Å². The average Bonchev–Trinajstić information content (AvgIpc) is 2.82. The molecule has 4 rings (SSSR count). The molecule has 3 aromatic rings. The third-order valence-corrected chi connectivity index (χ3v) is 6.17. The van der Waals surface area contributed by atoms with Crippen molar-refractivity contribution in [1.29, 1.82) is 0 Å². The van der Waals surface area contributed by atoms with Crippen molar-refractivity contribution < 1.29 is 9.53 Å². The van der Waals surface area contributed by atoms with Gasteiger partial charge in [-0.2, -0.15) is 0 Å². The zero-order valence-corrected chi connectivity index (χ0v) is 18.4. The number of amides is 1. The van der Waals surface area contributed by atoms with Crippen LogP contribution in [-0.4, -0.2) is 48.6 Å². The first-order valence-electron chi connectivity index (χ1n) is 11.2. The van der Waals surface area contributed by atoms with E-state index < -0.39 is 0 Å². The van der Waals surface area contributed by atoms with Crippen molar-refractivity contribution in [2.24, 2.45) is 0 Å². The number of hydrogen-bond acceptors (Lipinski definition) is 4. The summed E-state index contributed by atoms with van der Waals surface area (Å²) in [4.78, 5) is 20.4. The van der Waals surface area contributed by atoms with Gasteiger partial charge in [-0.3, -0.25) is 4.79 Å². The van der Waals surface area contributed by atoms with E-state index >= 15 is 0 Å². The van der Waals surface area contributed by atoms with E-state index in [4.69, 9.17) is 9.72 Å². The van der Waals surface area contributed by atoms with Crippen LogP contribution in [-0.2, 0) is 0 Å². The van der Waals surface area contributed by atoms with Crippen molar-refractivity contribution in [3.05, 3.63) is 60.2 Å². The highest BCUT2D eigenvalue weighted by molar-refractivity contribution is 6.07. The molecule has 1 unspecified atom stereocenters. The predicted octanol–water partition coefficient (Wildman–Crippen LogP) is 4.90. The minimum absolute atomic E-state index is 0.0468. The highest BCUT2D eigenvalue weighted by Crippen LogP contribution is 2.27. The van der Waals surface area contributed by atoms with E-state index in [1.807, 2.05) is 54.6 Å². The Hall–Kier alpha value is -2.92. The van der Waals surface area contributed by atoms with Crippen LogP contribution in [0, 0.1) is 0 Å². The number of piperidine rings is 1. The second kappa shape index (κ2) is 9.92. The Kier molecular flexibility index (Phi) is 6.82. The van der Waals surface area contributed by atoms with E-state index in [1.165, 1.54) is 25.8 Å². The highest BCUT2D eigenvalue weighted by atomic mass is 16.5. The lowest BCUT2D eigenvalue weighted by Crippen LogP contribution is -2.39. The van der Waals surface area contributed by atoms with Gasteiger partial charge in [0.15, 0.2) is 0 Å². The standard InChI is InChI=1S/C26H31N3O2/c1-19-9-5-6-15-29(19)16-8-14-27-26(30)23-18-25(20-10-7-11-21(17-20)31-2)28-24-13-4-3-12-22(23)24/h3-4,7,10-13,17-19H,5-6,8-9,14-16H2,1-2H3,(H,27,30). The molecule has 2 heterocycles. The number of pyridine rings is 1. The molecule has 1 aliphatic rings. The lowest BCUT2D eigenvalue weighted by molar-refractivity contribution is 0.0950. The predicted molar refractivity (Wildman–Crippen MR) is 126 cm³/mol. The fourth-order valence-electron chi connectivity index (χ4n) is 4.36. The van der Waals surface area contributed by atoms with Gasteiger partial charge in [0.25, 0.3) is 5.91 Å². The Morgan fingerprint density at radius 2 is 2.03 bits per heavy atom. The zero-order valence-electron chi connectivity index (χ0n) is 18.4. The van der Waals surface area contributed by atoms with Gasteiger partial charge >= 0.3 is 0 Å². The van der Waals surface area contributed by atoms with Crippen LogP contribution in [0.25, 0.3) is 22.2 Å². The first kappa shape index (κ1) is 21.3. The number of aromatic nitrogens is 1. The molecule has 1 amide bonds. The Labute approximate surface area is 184 Å². The number of hydrogen-bond donors (Lipinski definition) is 1. The maximum absolute atomic E-state index is 13.1. The largest absolute Gasteiger partial charge is 0.497 e. The monoisotopic (exact) mass is 417 g/mol. The van der Waals surface area contributed by atoms with E-state index in [2.05, 4.69) is 17.1 Å². The molecule has 0 aliphatic carbocycles. The van der Waals surface area contributed by atoms with E-state index in [0.717, 1.165) is 40.9 Å². The molecule has 1 aromatic heterocycles. The van der Waals surface area contributed by atoms with Crippen LogP contribution in [0.15, 0.2) is 54.6 Å². The number of para-hydroxylation sites is 1. The van der Waals surface area contributed by atoms with E-state index in [-0.39, 0.29) is 5.91 Å². The number of carbonyl (C=O) groups excluding carboxylic acids is 1. The molecule has 0 spiro atoms. The molecule has 1 aliphatic heterocycles. The molecular weight excluding hydrogens is 386 g/mol. The number of nitrogens with one attached hydrogen (secondary N) is 1. The van der Waals surface area contributed by atoms with Gasteiger partial charge in [0.05, 0.1) is 23.9 Å². The van der Waals surface area contributed by atoms with Crippen LogP contribution in [0.1, 0.15) is 43.0 Å². The number of carbonyl (C=O) groups is 1. The Morgan fingerprint density at radius 1 is 1.16 bits per heavy atom. The Balaban J connectivity index is 1.51. The third kappa shape index (κ3) is 5.05. The third-order valence-electron chi connectivity index (χ3n) is 6.17. The van der Waals surface area contributed by atoms with Gasteiger partial charge in [-0.25, -0.2) is 4.98 Å². The molecule has 0 radical (unpaired) electrons. The van der Waals surface area contributed by atoms with Crippen LogP contribution in [0.4, 0.5) is 0 Å². The lowest BCUT2D eigenvalue weighted by atomic mass is 10.0. The van der Waals surface area contributed by atoms with Crippen molar-refractivity contribution in [1.82, 2.24) is 15.2 Å². The fraction of sp³-hybridized carbons (Fsp3) is 0.385. The summed E-state index contributed by atoms with van der Waals surface area (Å²) in [7, 11) is 1.65. The quantitative estimate of drug-likeness (QED) is 0.555. The summed E-state index contributed by atoms with van der Waals surface area (Å²) in [5, 5.41) is 4.00. The zero-order chi connectivity index (χ0) is 21.6. The molecule has 162 valence electrons. The summed E-state index contributed by atoms with van der Waals surface area (Å²) in [6, 6.07) is 18.1. The van der Waals surface area contributed by atoms with Gasteiger partial charge in [-0.15, -0.1) is 0 Å². The molecule has 1 fully saturated rings. The van der Waals surface area contributed by atoms with E-state index in [9.17, 15) is 4.79 Å². The molecular formula is C26H31N3O2. The fourth-order valence-corrected chi connectivity index (χ4v) is 4.36. The van der Waals surface area contributed by atoms with Crippen LogP contribution in [0.2, 0.25) is 0 Å². The van der Waals surface area contributed by atoms with Crippen molar-refractivity contribution in [3.8, 4) is 17.0 Å². The molecule has 2 aromatic carbocycles. The van der Waals surface area contributed by atoms with Crippen LogP contribution in [0.5, 0.6) is 5.75 Å². The lowest BCUT2D eigenvalue weighted by Gasteiger charge is -2.33. The summed E-state index contributed by atoms with van der Waals surface area (Å²) in [5.74, 6) is 0.722. The van der Waals surface area contributed by atoms with Gasteiger partial charge in [0.2, 0.25) is 0 Å². The van der Waals surface area contributed by atoms with E-state index in [0.29, 0.717) is 18.2 Å². The number of benzene rings is 2. The number of fused-ring (bicyclic) bond motifs is 1. The maximum Gasteiger partial charge on any atom is 0.252 e. The number of rotatable bonds is 7. The molecule has 1 N–H and O–H groups in total. The normalized spacial score (nSPS) is 16.9. The Morgan fingerprint density at radius 3 is 2.87 bits per heavy atom. The summed E-state index contributed by atoms with van der Waals surface area (Å²) in [6.07, 6.45) is 4.86. The smallest absolute Gasteiger partial charge is 0.252 e. The van der Waals surface area contributed by atoms with Crippen molar-refractivity contribution in [2.45, 2.75) is 38.6 Å². The van der Waals surface area contributed by atoms with E-state index in [1.54, 1.807) is 7.11 Å². The maximum atomic E-state index is 13.1. The minimum Gasteiger partial charge on any atom is -0.497 e. The van der Waals surface area contributed by atoms with Crippen LogP contribution in [0.3, 0.4) is 0 Å². The molecule has 1 saturated heterocycles. The number of methoxy groups -OCH3 is 1. The summed E-state index contributed by atoms with van der Waals surface area (Å²) in [6.45, 7) is 5.19. The topological polar surface area (TPSA) is 54.5 Å². The molecule has 5 nitrogen and oxygen atoms in total. The van der Waals surface area contributed by atoms with Gasteiger partial charge in [-0.05, 0) is 57.0 Å². The number of nitrogens with zero attached hydrogens (tertiary/aromatic N) is 2. The molecule has 0 saturated carbocycles. The van der Waals surface area contributed by atoms with Gasteiger partial charge in [0, 0.05) is 30.1 Å². The number of ether oxygens (including phenoxy) is 1. The molecule has 31 heavy (non-hydrogen) atoms. The first-order valence-corrected chi connectivity index (χ1v) is 11.2. The molecule has 1 atom stereocenters. The van der Waals surface area contributed by atoms with Crippen LogP contribution < -0.4 is 10.1 Å². The van der Waals surface area contributed by atoms with Gasteiger partial charge in [-0.1, -0.05) is 36.8 Å².